The topological polar surface area (TPSA) is 41.9 Å². The average molecular weight is 244 g/mol. The molecule has 0 saturated carbocycles. The van der Waals surface area contributed by atoms with E-state index in [4.69, 9.17) is 4.74 Å². The quantitative estimate of drug-likeness (QED) is 0.703. The van der Waals surface area contributed by atoms with Crippen molar-refractivity contribution < 1.29 is 9.53 Å². The highest BCUT2D eigenvalue weighted by Crippen LogP contribution is 2.39. The molecule has 2 aliphatic rings. The Hall–Kier alpha value is -1.84. The van der Waals surface area contributed by atoms with Gasteiger partial charge in [0.15, 0.2) is 6.10 Å². The maximum Gasteiger partial charge on any atom is 0.283 e. The van der Waals surface area contributed by atoms with Crippen molar-refractivity contribution in [2.45, 2.75) is 39.3 Å². The van der Waals surface area contributed by atoms with Gasteiger partial charge in [0, 0.05) is 17.7 Å². The van der Waals surface area contributed by atoms with Gasteiger partial charge in [-0.2, -0.15) is 5.10 Å². The van der Waals surface area contributed by atoms with E-state index in [2.05, 4.69) is 11.2 Å². The number of amides is 1. The molecular formula is C14H16N2O2. The molecular weight excluding hydrogens is 228 g/mol. The molecule has 0 saturated heterocycles. The molecule has 0 bridgehead atoms. The number of hydrogen-bond acceptors (Lipinski definition) is 3. The number of hydrazone groups is 1. The maximum absolute atomic E-state index is 12.2. The van der Waals surface area contributed by atoms with Crippen LogP contribution in [0, 0.1) is 6.92 Å². The first-order valence-corrected chi connectivity index (χ1v) is 6.20. The smallest absolute Gasteiger partial charge is 0.283 e. The summed E-state index contributed by atoms with van der Waals surface area (Å²) in [5.41, 5.74) is 3.23. The largest absolute Gasteiger partial charge is 0.480 e. The van der Waals surface area contributed by atoms with E-state index < -0.39 is 6.10 Å². The summed E-state index contributed by atoms with van der Waals surface area (Å²) in [5, 5.41) is 5.94. The highest BCUT2D eigenvalue weighted by molar-refractivity contribution is 5.90. The van der Waals surface area contributed by atoms with Crippen LogP contribution in [0.2, 0.25) is 0 Å². The summed E-state index contributed by atoms with van der Waals surface area (Å²) >= 11 is 0. The second kappa shape index (κ2) is 3.83. The van der Waals surface area contributed by atoms with Gasteiger partial charge < -0.3 is 4.74 Å². The number of rotatable bonds is 0. The van der Waals surface area contributed by atoms with Gasteiger partial charge in [0.2, 0.25) is 0 Å². The molecule has 2 atom stereocenters. The molecule has 4 heteroatoms. The lowest BCUT2D eigenvalue weighted by atomic mass is 9.99. The molecule has 3 rings (SSSR count). The third-order valence-corrected chi connectivity index (χ3v) is 3.46. The highest BCUT2D eigenvalue weighted by atomic mass is 16.5. The molecule has 2 unspecified atom stereocenters. The monoisotopic (exact) mass is 244 g/mol. The standard InChI is InChI=1S/C14H16N2O2/c1-8-4-5-13-11(6-8)12-7-9(2)15-16(12)14(17)10(3)18-13/h4-6,10,12H,7H2,1-3H3. The molecule has 94 valence electrons. The summed E-state index contributed by atoms with van der Waals surface area (Å²) in [6, 6.07) is 6.05. The molecule has 0 fully saturated rings. The van der Waals surface area contributed by atoms with Gasteiger partial charge in [0.25, 0.3) is 5.91 Å². The molecule has 1 aromatic carbocycles. The Morgan fingerprint density at radius 3 is 2.94 bits per heavy atom. The summed E-state index contributed by atoms with van der Waals surface area (Å²) in [4.78, 5) is 12.2. The van der Waals surface area contributed by atoms with Gasteiger partial charge in [-0.05, 0) is 26.8 Å². The van der Waals surface area contributed by atoms with E-state index in [-0.39, 0.29) is 11.9 Å². The fourth-order valence-corrected chi connectivity index (χ4v) is 2.57. The maximum atomic E-state index is 12.2. The Labute approximate surface area is 106 Å². The minimum atomic E-state index is -0.480. The molecule has 18 heavy (non-hydrogen) atoms. The van der Waals surface area contributed by atoms with Gasteiger partial charge in [-0.3, -0.25) is 4.79 Å². The van der Waals surface area contributed by atoms with Crippen molar-refractivity contribution in [3.8, 4) is 5.75 Å². The van der Waals surface area contributed by atoms with Crippen molar-refractivity contribution >= 4 is 11.6 Å². The van der Waals surface area contributed by atoms with Crippen LogP contribution in [0.15, 0.2) is 23.3 Å². The van der Waals surface area contributed by atoms with Crippen molar-refractivity contribution in [3.63, 3.8) is 0 Å². The summed E-state index contributed by atoms with van der Waals surface area (Å²) in [5.74, 6) is 0.740. The number of hydrogen-bond donors (Lipinski definition) is 0. The minimum absolute atomic E-state index is 0.00245. The second-order valence-corrected chi connectivity index (χ2v) is 5.04. The second-order valence-electron chi connectivity index (χ2n) is 5.04. The van der Waals surface area contributed by atoms with Gasteiger partial charge in [-0.1, -0.05) is 17.7 Å². The van der Waals surface area contributed by atoms with E-state index in [0.29, 0.717) is 0 Å². The van der Waals surface area contributed by atoms with Gasteiger partial charge in [-0.15, -0.1) is 0 Å². The molecule has 0 N–H and O–H groups in total. The fourth-order valence-electron chi connectivity index (χ4n) is 2.57. The Balaban J connectivity index is 2.14. The summed E-state index contributed by atoms with van der Waals surface area (Å²) in [6.07, 6.45) is 0.309. The van der Waals surface area contributed by atoms with E-state index in [9.17, 15) is 4.79 Å². The van der Waals surface area contributed by atoms with Gasteiger partial charge in [-0.25, -0.2) is 5.01 Å². The predicted octanol–water partition coefficient (Wildman–Crippen LogP) is 2.43. The highest BCUT2D eigenvalue weighted by Gasteiger charge is 2.38. The van der Waals surface area contributed by atoms with E-state index in [1.54, 1.807) is 11.9 Å². The van der Waals surface area contributed by atoms with Crippen LogP contribution in [0.25, 0.3) is 0 Å². The van der Waals surface area contributed by atoms with Gasteiger partial charge >= 0.3 is 0 Å². The minimum Gasteiger partial charge on any atom is -0.480 e. The van der Waals surface area contributed by atoms with Crippen molar-refractivity contribution in [2.75, 3.05) is 0 Å². The fraction of sp³-hybridized carbons (Fsp3) is 0.429. The molecule has 1 aromatic rings. The molecule has 0 radical (unpaired) electrons. The first-order valence-electron chi connectivity index (χ1n) is 6.20. The van der Waals surface area contributed by atoms with Crippen LogP contribution in [-0.2, 0) is 4.79 Å². The van der Waals surface area contributed by atoms with Crippen molar-refractivity contribution in [1.82, 2.24) is 5.01 Å². The number of nitrogens with zero attached hydrogens (tertiary/aromatic N) is 2. The molecule has 4 nitrogen and oxygen atoms in total. The average Bonchev–Trinajstić information content (AvgIpc) is 2.68. The van der Waals surface area contributed by atoms with Crippen LogP contribution in [-0.4, -0.2) is 22.7 Å². The number of benzene rings is 1. The number of aryl methyl sites for hydroxylation is 1. The Kier molecular flexibility index (Phi) is 2.40. The molecule has 2 aliphatic heterocycles. The zero-order valence-electron chi connectivity index (χ0n) is 10.8. The van der Waals surface area contributed by atoms with Crippen LogP contribution in [0.5, 0.6) is 5.75 Å². The lowest BCUT2D eigenvalue weighted by Crippen LogP contribution is -2.34. The normalized spacial score (nSPS) is 26.1. The Bertz CT molecular complexity index is 551. The Morgan fingerprint density at radius 1 is 1.39 bits per heavy atom. The number of ether oxygens (including phenoxy) is 1. The van der Waals surface area contributed by atoms with Crippen LogP contribution in [0.3, 0.4) is 0 Å². The number of carbonyl (C=O) groups excluding carboxylic acids is 1. The van der Waals surface area contributed by atoms with Crippen molar-refractivity contribution in [2.24, 2.45) is 5.10 Å². The van der Waals surface area contributed by atoms with Crippen LogP contribution >= 0.6 is 0 Å². The molecule has 0 spiro atoms. The van der Waals surface area contributed by atoms with E-state index >= 15 is 0 Å². The number of carbonyl (C=O) groups is 1. The first-order chi connectivity index (χ1) is 8.56. The molecule has 0 aromatic heterocycles. The predicted molar refractivity (Wildman–Crippen MR) is 68.6 cm³/mol. The summed E-state index contributed by atoms with van der Waals surface area (Å²) in [7, 11) is 0. The first kappa shape index (κ1) is 11.3. The number of fused-ring (bicyclic) bond motifs is 3. The van der Waals surface area contributed by atoms with E-state index in [1.807, 2.05) is 26.0 Å². The molecule has 1 amide bonds. The van der Waals surface area contributed by atoms with Gasteiger partial charge in [0.05, 0.1) is 6.04 Å². The van der Waals surface area contributed by atoms with Crippen LogP contribution in [0.4, 0.5) is 0 Å². The van der Waals surface area contributed by atoms with Crippen LogP contribution < -0.4 is 4.74 Å². The van der Waals surface area contributed by atoms with Crippen molar-refractivity contribution in [3.05, 3.63) is 29.3 Å². The SMILES string of the molecule is CC1=NN2C(=O)C(C)Oc3ccc(C)cc3C2C1. The third kappa shape index (κ3) is 1.60. The zero-order chi connectivity index (χ0) is 12.9. The summed E-state index contributed by atoms with van der Waals surface area (Å²) in [6.45, 7) is 5.78. The molecule has 0 aliphatic carbocycles. The van der Waals surface area contributed by atoms with E-state index in [0.717, 1.165) is 23.4 Å². The molecule has 2 heterocycles. The van der Waals surface area contributed by atoms with Crippen LogP contribution in [0.1, 0.15) is 37.4 Å². The van der Waals surface area contributed by atoms with Crippen molar-refractivity contribution in [1.29, 1.82) is 0 Å². The third-order valence-electron chi connectivity index (χ3n) is 3.46. The Morgan fingerprint density at radius 2 is 2.17 bits per heavy atom. The van der Waals surface area contributed by atoms with Gasteiger partial charge in [0.1, 0.15) is 5.75 Å². The lowest BCUT2D eigenvalue weighted by molar-refractivity contribution is -0.138. The van der Waals surface area contributed by atoms with E-state index in [1.165, 1.54) is 5.56 Å². The zero-order valence-corrected chi connectivity index (χ0v) is 10.8. The lowest BCUT2D eigenvalue weighted by Gasteiger charge is -2.19. The summed E-state index contributed by atoms with van der Waals surface area (Å²) < 4.78 is 5.74.